The largest absolute Gasteiger partial charge is 0.465 e. The lowest BCUT2D eigenvalue weighted by molar-refractivity contribution is 0.0596. The number of methoxy groups -OCH3 is 1. The highest BCUT2D eigenvalue weighted by molar-refractivity contribution is 6.31. The number of carbonyl (C=O) groups is 1. The monoisotopic (exact) mass is 238 g/mol. The first-order valence-electron chi connectivity index (χ1n) is 4.59. The molecule has 0 bridgehead atoms. The molecule has 0 aromatic heterocycles. The topological polar surface area (TPSA) is 26.3 Å². The summed E-state index contributed by atoms with van der Waals surface area (Å²) in [5.41, 5.74) is -0.0859. The van der Waals surface area contributed by atoms with Crippen molar-refractivity contribution in [3.63, 3.8) is 0 Å². The van der Waals surface area contributed by atoms with Crippen molar-refractivity contribution in [3.8, 4) is 0 Å². The van der Waals surface area contributed by atoms with Crippen LogP contribution in [-0.4, -0.2) is 13.1 Å². The van der Waals surface area contributed by atoms with E-state index in [1.54, 1.807) is 18.2 Å². The quantitative estimate of drug-likeness (QED) is 0.712. The van der Waals surface area contributed by atoms with Gasteiger partial charge in [0.05, 0.1) is 12.7 Å². The predicted molar refractivity (Wildman–Crippen MR) is 60.3 cm³/mol. The molecule has 0 heterocycles. The van der Waals surface area contributed by atoms with Crippen molar-refractivity contribution in [1.82, 2.24) is 0 Å². The number of ether oxygens (including phenoxy) is 1. The van der Waals surface area contributed by atoms with Crippen molar-refractivity contribution in [2.45, 2.75) is 0 Å². The summed E-state index contributed by atoms with van der Waals surface area (Å²) in [5, 5.41) is 1.43. The second-order valence-corrected chi connectivity index (χ2v) is 3.72. The number of benzene rings is 2. The third kappa shape index (κ3) is 1.74. The van der Waals surface area contributed by atoms with Gasteiger partial charge in [0.1, 0.15) is 5.82 Å². The second-order valence-electron chi connectivity index (χ2n) is 3.28. The average Bonchev–Trinajstić information content (AvgIpc) is 2.29. The van der Waals surface area contributed by atoms with E-state index in [4.69, 9.17) is 11.6 Å². The van der Waals surface area contributed by atoms with Gasteiger partial charge in [0.2, 0.25) is 0 Å². The smallest absolute Gasteiger partial charge is 0.340 e. The number of carbonyl (C=O) groups excluding carboxylic acids is 1. The SMILES string of the molecule is COC(=O)c1ccc2ccc(Cl)cc2c1F. The number of rotatable bonds is 1. The van der Waals surface area contributed by atoms with Crippen LogP contribution in [0.5, 0.6) is 0 Å². The van der Waals surface area contributed by atoms with E-state index in [0.717, 1.165) is 0 Å². The first-order valence-corrected chi connectivity index (χ1v) is 4.97. The Bertz CT molecular complexity index is 566. The van der Waals surface area contributed by atoms with Crippen molar-refractivity contribution < 1.29 is 13.9 Å². The number of fused-ring (bicyclic) bond motifs is 1. The van der Waals surface area contributed by atoms with Gasteiger partial charge in [-0.25, -0.2) is 9.18 Å². The molecule has 0 spiro atoms. The Kier molecular flexibility index (Phi) is 2.79. The zero-order valence-corrected chi connectivity index (χ0v) is 9.22. The van der Waals surface area contributed by atoms with Crippen molar-refractivity contribution in [2.24, 2.45) is 0 Å². The van der Waals surface area contributed by atoms with Crippen molar-refractivity contribution in [1.29, 1.82) is 0 Å². The highest BCUT2D eigenvalue weighted by Gasteiger charge is 2.14. The minimum absolute atomic E-state index is 0.0859. The molecule has 0 aliphatic carbocycles. The number of halogens is 2. The van der Waals surface area contributed by atoms with Crippen LogP contribution in [0.4, 0.5) is 4.39 Å². The van der Waals surface area contributed by atoms with Crippen LogP contribution >= 0.6 is 11.6 Å². The summed E-state index contributed by atoms with van der Waals surface area (Å²) in [5.74, 6) is -1.30. The summed E-state index contributed by atoms with van der Waals surface area (Å²) < 4.78 is 18.4. The molecular formula is C12H8ClFO2. The maximum atomic E-state index is 13.9. The molecule has 0 radical (unpaired) electrons. The van der Waals surface area contributed by atoms with E-state index in [1.165, 1.54) is 19.2 Å². The molecule has 0 atom stereocenters. The van der Waals surface area contributed by atoms with Gasteiger partial charge in [-0.2, -0.15) is 0 Å². The van der Waals surface area contributed by atoms with Gasteiger partial charge in [0.25, 0.3) is 0 Å². The van der Waals surface area contributed by atoms with Crippen molar-refractivity contribution in [2.75, 3.05) is 7.11 Å². The molecule has 0 unspecified atom stereocenters. The van der Waals surface area contributed by atoms with Crippen LogP contribution in [0, 0.1) is 5.82 Å². The first kappa shape index (κ1) is 10.9. The fourth-order valence-electron chi connectivity index (χ4n) is 1.52. The Hall–Kier alpha value is -1.61. The molecule has 2 nitrogen and oxygen atoms in total. The maximum Gasteiger partial charge on any atom is 0.340 e. The fraction of sp³-hybridized carbons (Fsp3) is 0.0833. The predicted octanol–water partition coefficient (Wildman–Crippen LogP) is 3.42. The molecule has 0 aliphatic rings. The summed E-state index contributed by atoms with van der Waals surface area (Å²) >= 11 is 5.77. The first-order chi connectivity index (χ1) is 7.63. The van der Waals surface area contributed by atoms with Crippen LogP contribution < -0.4 is 0 Å². The van der Waals surface area contributed by atoms with Crippen molar-refractivity contribution in [3.05, 3.63) is 46.7 Å². The molecule has 0 N–H and O–H groups in total. The van der Waals surface area contributed by atoms with Crippen LogP contribution in [0.25, 0.3) is 10.8 Å². The standard InChI is InChI=1S/C12H8ClFO2/c1-16-12(15)9-5-3-7-2-4-8(13)6-10(7)11(9)14/h2-6H,1H3. The number of esters is 1. The van der Waals surface area contributed by atoms with Gasteiger partial charge < -0.3 is 4.74 Å². The zero-order valence-electron chi connectivity index (χ0n) is 8.46. The Labute approximate surface area is 96.6 Å². The lowest BCUT2D eigenvalue weighted by atomic mass is 10.1. The van der Waals surface area contributed by atoms with E-state index >= 15 is 0 Å². The lowest BCUT2D eigenvalue weighted by Crippen LogP contribution is -2.04. The van der Waals surface area contributed by atoms with Gasteiger partial charge in [0, 0.05) is 10.4 Å². The molecule has 0 fully saturated rings. The molecule has 82 valence electrons. The van der Waals surface area contributed by atoms with Gasteiger partial charge in [0.15, 0.2) is 0 Å². The Morgan fingerprint density at radius 3 is 2.69 bits per heavy atom. The Morgan fingerprint density at radius 2 is 2.00 bits per heavy atom. The average molecular weight is 239 g/mol. The summed E-state index contributed by atoms with van der Waals surface area (Å²) in [6.45, 7) is 0. The molecular weight excluding hydrogens is 231 g/mol. The summed E-state index contributed by atoms with van der Waals surface area (Å²) in [4.78, 5) is 11.3. The fourth-order valence-corrected chi connectivity index (χ4v) is 1.69. The zero-order chi connectivity index (χ0) is 11.7. The minimum Gasteiger partial charge on any atom is -0.465 e. The Balaban J connectivity index is 2.72. The second kappa shape index (κ2) is 4.10. The summed E-state index contributed by atoms with van der Waals surface area (Å²) in [6.07, 6.45) is 0. The third-order valence-electron chi connectivity index (χ3n) is 2.32. The normalized spacial score (nSPS) is 10.4. The molecule has 2 rings (SSSR count). The van der Waals surface area contributed by atoms with Crippen LogP contribution in [0.1, 0.15) is 10.4 Å². The van der Waals surface area contributed by atoms with E-state index in [2.05, 4.69) is 4.74 Å². The van der Waals surface area contributed by atoms with Crippen LogP contribution in [0.3, 0.4) is 0 Å². The molecule has 0 saturated carbocycles. The lowest BCUT2D eigenvalue weighted by Gasteiger charge is -2.05. The van der Waals surface area contributed by atoms with Gasteiger partial charge in [-0.05, 0) is 23.6 Å². The Morgan fingerprint density at radius 1 is 1.31 bits per heavy atom. The van der Waals surface area contributed by atoms with E-state index in [1.807, 2.05) is 0 Å². The van der Waals surface area contributed by atoms with Gasteiger partial charge >= 0.3 is 5.97 Å². The summed E-state index contributed by atoms with van der Waals surface area (Å²) in [6, 6.07) is 7.90. The number of hydrogen-bond acceptors (Lipinski definition) is 2. The third-order valence-corrected chi connectivity index (χ3v) is 2.56. The van der Waals surface area contributed by atoms with E-state index in [0.29, 0.717) is 15.8 Å². The van der Waals surface area contributed by atoms with Gasteiger partial charge in [-0.3, -0.25) is 0 Å². The molecule has 4 heteroatoms. The number of hydrogen-bond donors (Lipinski definition) is 0. The van der Waals surface area contributed by atoms with Crippen LogP contribution in [-0.2, 0) is 4.74 Å². The molecule has 16 heavy (non-hydrogen) atoms. The molecule has 0 saturated heterocycles. The molecule has 2 aromatic rings. The highest BCUT2D eigenvalue weighted by atomic mass is 35.5. The van der Waals surface area contributed by atoms with Gasteiger partial charge in [-0.15, -0.1) is 0 Å². The van der Waals surface area contributed by atoms with Gasteiger partial charge in [-0.1, -0.05) is 23.7 Å². The van der Waals surface area contributed by atoms with E-state index < -0.39 is 11.8 Å². The molecule has 0 amide bonds. The highest BCUT2D eigenvalue weighted by Crippen LogP contribution is 2.24. The molecule has 0 aliphatic heterocycles. The van der Waals surface area contributed by atoms with E-state index in [9.17, 15) is 9.18 Å². The minimum atomic E-state index is -0.695. The summed E-state index contributed by atoms with van der Waals surface area (Å²) in [7, 11) is 1.21. The molecule has 2 aromatic carbocycles. The van der Waals surface area contributed by atoms with Crippen LogP contribution in [0.2, 0.25) is 5.02 Å². The van der Waals surface area contributed by atoms with E-state index in [-0.39, 0.29) is 5.56 Å². The van der Waals surface area contributed by atoms with Crippen LogP contribution in [0.15, 0.2) is 30.3 Å². The maximum absolute atomic E-state index is 13.9. The van der Waals surface area contributed by atoms with Crippen molar-refractivity contribution >= 4 is 28.3 Å².